The number of anilines is 1. The SMILES string of the molecule is CNCCN(C)c1ccc(F)c(C(F)(F)F)c1. The van der Waals surface area contributed by atoms with E-state index < -0.39 is 17.6 Å². The zero-order chi connectivity index (χ0) is 13.1. The molecule has 0 unspecified atom stereocenters. The Hall–Kier alpha value is -1.30. The van der Waals surface area contributed by atoms with Gasteiger partial charge < -0.3 is 10.2 Å². The first-order valence-electron chi connectivity index (χ1n) is 5.08. The van der Waals surface area contributed by atoms with Crippen LogP contribution in [-0.4, -0.2) is 27.2 Å². The van der Waals surface area contributed by atoms with E-state index in [1.807, 2.05) is 0 Å². The van der Waals surface area contributed by atoms with Gasteiger partial charge in [0.15, 0.2) is 0 Å². The molecule has 17 heavy (non-hydrogen) atoms. The molecule has 0 aliphatic rings. The predicted molar refractivity (Wildman–Crippen MR) is 58.6 cm³/mol. The van der Waals surface area contributed by atoms with Crippen LogP contribution in [0, 0.1) is 5.82 Å². The second kappa shape index (κ2) is 5.35. The summed E-state index contributed by atoms with van der Waals surface area (Å²) in [4.78, 5) is 1.63. The average Bonchev–Trinajstić information content (AvgIpc) is 2.25. The third kappa shape index (κ3) is 3.59. The van der Waals surface area contributed by atoms with Gasteiger partial charge >= 0.3 is 6.18 Å². The normalized spacial score (nSPS) is 11.6. The van der Waals surface area contributed by atoms with Crippen LogP contribution in [0.15, 0.2) is 18.2 Å². The number of hydrogen-bond donors (Lipinski definition) is 1. The van der Waals surface area contributed by atoms with Crippen molar-refractivity contribution in [2.45, 2.75) is 6.18 Å². The van der Waals surface area contributed by atoms with Gasteiger partial charge in [-0.05, 0) is 25.2 Å². The van der Waals surface area contributed by atoms with Crippen LogP contribution in [0.5, 0.6) is 0 Å². The molecule has 0 amide bonds. The van der Waals surface area contributed by atoms with Crippen LogP contribution in [0.4, 0.5) is 23.2 Å². The summed E-state index contributed by atoms with van der Waals surface area (Å²) in [6.45, 7) is 1.18. The first kappa shape index (κ1) is 13.8. The first-order valence-corrected chi connectivity index (χ1v) is 5.08. The van der Waals surface area contributed by atoms with Gasteiger partial charge in [-0.1, -0.05) is 0 Å². The molecule has 0 spiro atoms. The molecule has 1 aromatic rings. The fourth-order valence-electron chi connectivity index (χ4n) is 1.38. The summed E-state index contributed by atoms with van der Waals surface area (Å²) in [5.41, 5.74) is -0.889. The molecule has 0 aliphatic heterocycles. The Morgan fingerprint density at radius 2 is 1.94 bits per heavy atom. The Labute approximate surface area is 97.2 Å². The molecule has 1 rings (SSSR count). The average molecular weight is 250 g/mol. The van der Waals surface area contributed by atoms with E-state index in [-0.39, 0.29) is 0 Å². The lowest BCUT2D eigenvalue weighted by Crippen LogP contribution is -2.27. The quantitative estimate of drug-likeness (QED) is 0.826. The monoisotopic (exact) mass is 250 g/mol. The second-order valence-corrected chi connectivity index (χ2v) is 3.69. The number of nitrogens with one attached hydrogen (secondary N) is 1. The van der Waals surface area contributed by atoms with E-state index in [4.69, 9.17) is 0 Å². The summed E-state index contributed by atoms with van der Waals surface area (Å²) < 4.78 is 50.4. The van der Waals surface area contributed by atoms with Crippen molar-refractivity contribution in [1.29, 1.82) is 0 Å². The third-order valence-corrected chi connectivity index (χ3v) is 2.39. The highest BCUT2D eigenvalue weighted by molar-refractivity contribution is 5.49. The molecule has 1 N–H and O–H groups in total. The Bertz CT molecular complexity index is 376. The second-order valence-electron chi connectivity index (χ2n) is 3.69. The van der Waals surface area contributed by atoms with Crippen LogP contribution >= 0.6 is 0 Å². The van der Waals surface area contributed by atoms with Crippen molar-refractivity contribution in [2.75, 3.05) is 32.1 Å². The minimum Gasteiger partial charge on any atom is -0.373 e. The van der Waals surface area contributed by atoms with Crippen molar-refractivity contribution in [3.05, 3.63) is 29.6 Å². The Kier molecular flexibility index (Phi) is 4.34. The van der Waals surface area contributed by atoms with Gasteiger partial charge in [-0.3, -0.25) is 0 Å². The molecular weight excluding hydrogens is 236 g/mol. The molecule has 0 heterocycles. The van der Waals surface area contributed by atoms with Crippen LogP contribution in [0.1, 0.15) is 5.56 Å². The zero-order valence-electron chi connectivity index (χ0n) is 9.61. The molecule has 1 aromatic carbocycles. The maximum atomic E-state index is 13.0. The molecule has 0 radical (unpaired) electrons. The molecule has 0 aromatic heterocycles. The molecule has 0 saturated heterocycles. The highest BCUT2D eigenvalue weighted by Gasteiger charge is 2.34. The fraction of sp³-hybridized carbons (Fsp3) is 0.455. The highest BCUT2D eigenvalue weighted by atomic mass is 19.4. The Morgan fingerprint density at radius 3 is 2.47 bits per heavy atom. The predicted octanol–water partition coefficient (Wildman–Crippen LogP) is 2.50. The molecule has 0 fully saturated rings. The molecule has 96 valence electrons. The summed E-state index contributed by atoms with van der Waals surface area (Å²) >= 11 is 0. The van der Waals surface area contributed by atoms with Crippen LogP contribution in [-0.2, 0) is 6.18 Å². The standard InChI is InChI=1S/C11H14F4N2/c1-16-5-6-17(2)8-3-4-10(12)9(7-8)11(13,14)15/h3-4,7,16H,5-6H2,1-2H3. The Morgan fingerprint density at radius 1 is 1.29 bits per heavy atom. The van der Waals surface area contributed by atoms with Crippen molar-refractivity contribution in [3.8, 4) is 0 Å². The van der Waals surface area contributed by atoms with Crippen LogP contribution in [0.2, 0.25) is 0 Å². The van der Waals surface area contributed by atoms with E-state index in [0.29, 0.717) is 18.8 Å². The minimum atomic E-state index is -4.66. The van der Waals surface area contributed by atoms with E-state index in [9.17, 15) is 17.6 Å². The van der Waals surface area contributed by atoms with E-state index in [2.05, 4.69) is 5.32 Å². The van der Waals surface area contributed by atoms with Gasteiger partial charge in [0.2, 0.25) is 0 Å². The van der Waals surface area contributed by atoms with Gasteiger partial charge in [0.1, 0.15) is 5.82 Å². The number of nitrogens with zero attached hydrogens (tertiary/aromatic N) is 1. The summed E-state index contributed by atoms with van der Waals surface area (Å²) in [6, 6.07) is 3.00. The van der Waals surface area contributed by atoms with Gasteiger partial charge in [-0.2, -0.15) is 13.2 Å². The van der Waals surface area contributed by atoms with Crippen molar-refractivity contribution in [2.24, 2.45) is 0 Å². The maximum absolute atomic E-state index is 13.0. The summed E-state index contributed by atoms with van der Waals surface area (Å²) in [6.07, 6.45) is -4.66. The third-order valence-electron chi connectivity index (χ3n) is 2.39. The minimum absolute atomic E-state index is 0.342. The zero-order valence-corrected chi connectivity index (χ0v) is 9.61. The number of rotatable bonds is 4. The molecule has 0 saturated carbocycles. The largest absolute Gasteiger partial charge is 0.419 e. The topological polar surface area (TPSA) is 15.3 Å². The highest BCUT2D eigenvalue weighted by Crippen LogP contribution is 2.33. The molecule has 0 atom stereocenters. The molecular formula is C11H14F4N2. The lowest BCUT2D eigenvalue weighted by molar-refractivity contribution is -0.139. The number of hydrogen-bond acceptors (Lipinski definition) is 2. The molecule has 6 heteroatoms. The van der Waals surface area contributed by atoms with E-state index >= 15 is 0 Å². The number of alkyl halides is 3. The molecule has 2 nitrogen and oxygen atoms in total. The first-order chi connectivity index (χ1) is 7.86. The Balaban J connectivity index is 2.96. The van der Waals surface area contributed by atoms with Gasteiger partial charge in [-0.25, -0.2) is 4.39 Å². The van der Waals surface area contributed by atoms with Gasteiger partial charge in [0.05, 0.1) is 5.56 Å². The van der Waals surface area contributed by atoms with E-state index in [1.54, 1.807) is 19.0 Å². The van der Waals surface area contributed by atoms with Gasteiger partial charge in [0, 0.05) is 25.8 Å². The number of likely N-dealkylation sites (N-methyl/N-ethyl adjacent to an activating group) is 2. The summed E-state index contributed by atoms with van der Waals surface area (Å²) in [5.74, 6) is -1.25. The van der Waals surface area contributed by atoms with Crippen LogP contribution in [0.25, 0.3) is 0 Å². The lowest BCUT2D eigenvalue weighted by atomic mass is 10.1. The summed E-state index contributed by atoms with van der Waals surface area (Å²) in [7, 11) is 3.41. The van der Waals surface area contributed by atoms with Gasteiger partial charge in [-0.15, -0.1) is 0 Å². The molecule has 0 bridgehead atoms. The van der Waals surface area contributed by atoms with Crippen LogP contribution < -0.4 is 10.2 Å². The summed E-state index contributed by atoms with van der Waals surface area (Å²) in [5, 5.41) is 2.89. The van der Waals surface area contributed by atoms with Crippen molar-refractivity contribution in [3.63, 3.8) is 0 Å². The lowest BCUT2D eigenvalue weighted by Gasteiger charge is -2.20. The van der Waals surface area contributed by atoms with E-state index in [1.165, 1.54) is 6.07 Å². The smallest absolute Gasteiger partial charge is 0.373 e. The van der Waals surface area contributed by atoms with Crippen LogP contribution in [0.3, 0.4) is 0 Å². The molecule has 0 aliphatic carbocycles. The van der Waals surface area contributed by atoms with E-state index in [0.717, 1.165) is 12.1 Å². The van der Waals surface area contributed by atoms with Gasteiger partial charge in [0.25, 0.3) is 0 Å². The fourth-order valence-corrected chi connectivity index (χ4v) is 1.38. The maximum Gasteiger partial charge on any atom is 0.419 e. The number of benzene rings is 1. The van der Waals surface area contributed by atoms with Crippen molar-refractivity contribution < 1.29 is 17.6 Å². The van der Waals surface area contributed by atoms with Crippen molar-refractivity contribution in [1.82, 2.24) is 5.32 Å². The number of halogens is 4. The van der Waals surface area contributed by atoms with Crippen molar-refractivity contribution >= 4 is 5.69 Å².